The van der Waals surface area contributed by atoms with Crippen LogP contribution < -0.4 is 10.6 Å². The Labute approximate surface area is 170 Å². The summed E-state index contributed by atoms with van der Waals surface area (Å²) in [6.45, 7) is 3.89. The second-order valence-electron chi connectivity index (χ2n) is 7.02. The molecule has 2 aromatic rings. The third kappa shape index (κ3) is 6.99. The normalized spacial score (nSPS) is 12.7. The molecule has 0 saturated carbocycles. The maximum Gasteiger partial charge on any atom is 0.328 e. The van der Waals surface area contributed by atoms with E-state index >= 15 is 0 Å². The summed E-state index contributed by atoms with van der Waals surface area (Å²) in [5, 5.41) is 5.40. The van der Waals surface area contributed by atoms with E-state index in [1.165, 1.54) is 25.7 Å². The topological polar surface area (TPSA) is 110 Å². The van der Waals surface area contributed by atoms with E-state index in [-0.39, 0.29) is 18.0 Å². The number of rotatable bonds is 9. The Morgan fingerprint density at radius 2 is 1.76 bits per heavy atom. The second kappa shape index (κ2) is 10.9. The lowest BCUT2D eigenvalue weighted by Gasteiger charge is -2.23. The number of amides is 2. The van der Waals surface area contributed by atoms with Crippen LogP contribution in [0.3, 0.4) is 0 Å². The lowest BCUT2D eigenvalue weighted by Crippen LogP contribution is -2.53. The monoisotopic (exact) mass is 398 g/mol. The summed E-state index contributed by atoms with van der Waals surface area (Å²) in [5.41, 5.74) is 0.968. The summed E-state index contributed by atoms with van der Waals surface area (Å²) in [6.07, 6.45) is 4.86. The van der Waals surface area contributed by atoms with Crippen LogP contribution in [0.1, 0.15) is 36.3 Å². The molecule has 8 nitrogen and oxygen atoms in total. The first-order valence-electron chi connectivity index (χ1n) is 9.39. The summed E-state index contributed by atoms with van der Waals surface area (Å²) in [5.74, 6) is -1.35. The van der Waals surface area contributed by atoms with Gasteiger partial charge in [-0.05, 0) is 17.9 Å². The molecule has 0 saturated heterocycles. The molecule has 2 amide bonds. The molecule has 0 radical (unpaired) electrons. The van der Waals surface area contributed by atoms with Crippen LogP contribution in [-0.4, -0.2) is 46.9 Å². The molecule has 0 aliphatic carbocycles. The number of nitrogens with zero attached hydrogens (tertiary/aromatic N) is 2. The van der Waals surface area contributed by atoms with Crippen molar-refractivity contribution >= 4 is 17.8 Å². The van der Waals surface area contributed by atoms with E-state index in [1.807, 2.05) is 44.2 Å². The van der Waals surface area contributed by atoms with E-state index in [0.717, 1.165) is 5.56 Å². The second-order valence-corrected chi connectivity index (χ2v) is 7.02. The Hall–Kier alpha value is -3.29. The maximum absolute atomic E-state index is 13.0. The third-order valence-corrected chi connectivity index (χ3v) is 4.21. The van der Waals surface area contributed by atoms with E-state index in [0.29, 0.717) is 6.42 Å². The molecule has 2 rings (SSSR count). The van der Waals surface area contributed by atoms with Crippen LogP contribution in [0, 0.1) is 5.92 Å². The zero-order valence-corrected chi connectivity index (χ0v) is 16.8. The first kappa shape index (κ1) is 22.0. The average Bonchev–Trinajstić information content (AvgIpc) is 2.73. The van der Waals surface area contributed by atoms with Gasteiger partial charge < -0.3 is 15.4 Å². The molecule has 8 heteroatoms. The largest absolute Gasteiger partial charge is 0.467 e. The van der Waals surface area contributed by atoms with Gasteiger partial charge in [-0.2, -0.15) is 0 Å². The highest BCUT2D eigenvalue weighted by Crippen LogP contribution is 2.09. The van der Waals surface area contributed by atoms with Gasteiger partial charge in [-0.25, -0.2) is 9.78 Å². The first-order chi connectivity index (χ1) is 13.9. The molecule has 29 heavy (non-hydrogen) atoms. The molecular formula is C21H26N4O4. The number of hydrogen-bond donors (Lipinski definition) is 2. The van der Waals surface area contributed by atoms with Gasteiger partial charge >= 0.3 is 5.97 Å². The predicted molar refractivity (Wildman–Crippen MR) is 107 cm³/mol. The Balaban J connectivity index is 2.19. The van der Waals surface area contributed by atoms with Gasteiger partial charge in [0.05, 0.1) is 13.3 Å². The zero-order valence-electron chi connectivity index (χ0n) is 16.8. The number of aromatic nitrogens is 2. The van der Waals surface area contributed by atoms with Crippen LogP contribution >= 0.6 is 0 Å². The van der Waals surface area contributed by atoms with Crippen molar-refractivity contribution in [1.82, 2.24) is 20.6 Å². The van der Waals surface area contributed by atoms with Crippen LogP contribution in [0.15, 0.2) is 48.9 Å². The van der Waals surface area contributed by atoms with Gasteiger partial charge in [0.1, 0.15) is 17.8 Å². The summed E-state index contributed by atoms with van der Waals surface area (Å²) < 4.78 is 4.80. The van der Waals surface area contributed by atoms with Crippen molar-refractivity contribution in [1.29, 1.82) is 0 Å². The van der Waals surface area contributed by atoms with Gasteiger partial charge in [0.25, 0.3) is 5.91 Å². The standard InChI is InChI=1S/C21H26N4O4/c1-14(2)11-17(21(28)29-3)25-19(26)16(12-15-7-5-4-6-8-15)24-20(27)18-13-22-9-10-23-18/h4-10,13-14,16-17H,11-12H2,1-3H3,(H,24,27)(H,25,26)/t16-,17-/m0/s1. The van der Waals surface area contributed by atoms with Gasteiger partial charge in [-0.1, -0.05) is 44.2 Å². The minimum absolute atomic E-state index is 0.102. The maximum atomic E-state index is 13.0. The van der Waals surface area contributed by atoms with Crippen molar-refractivity contribution in [3.05, 3.63) is 60.2 Å². The summed E-state index contributed by atoms with van der Waals surface area (Å²) in [7, 11) is 1.28. The lowest BCUT2D eigenvalue weighted by molar-refractivity contribution is -0.145. The van der Waals surface area contributed by atoms with Crippen LogP contribution in [-0.2, 0) is 20.7 Å². The van der Waals surface area contributed by atoms with Crippen LogP contribution in [0.4, 0.5) is 0 Å². The van der Waals surface area contributed by atoms with Crippen molar-refractivity contribution in [3.8, 4) is 0 Å². The molecule has 0 bridgehead atoms. The molecular weight excluding hydrogens is 372 g/mol. The number of carbonyl (C=O) groups is 3. The molecule has 2 atom stereocenters. The number of methoxy groups -OCH3 is 1. The smallest absolute Gasteiger partial charge is 0.328 e. The molecule has 0 unspecified atom stereocenters. The highest BCUT2D eigenvalue weighted by Gasteiger charge is 2.28. The Bertz CT molecular complexity index is 812. The SMILES string of the molecule is COC(=O)[C@H](CC(C)C)NC(=O)[C@H](Cc1ccccc1)NC(=O)c1cnccn1. The number of ether oxygens (including phenoxy) is 1. The molecule has 0 aliphatic heterocycles. The molecule has 154 valence electrons. The van der Waals surface area contributed by atoms with Gasteiger partial charge in [0.15, 0.2) is 0 Å². The summed E-state index contributed by atoms with van der Waals surface area (Å²) in [6, 6.07) is 7.61. The van der Waals surface area contributed by atoms with Crippen molar-refractivity contribution in [3.63, 3.8) is 0 Å². The van der Waals surface area contributed by atoms with Crippen LogP contribution in [0.2, 0.25) is 0 Å². The Morgan fingerprint density at radius 3 is 2.34 bits per heavy atom. The van der Waals surface area contributed by atoms with Gasteiger partial charge in [0.2, 0.25) is 5.91 Å². The zero-order chi connectivity index (χ0) is 21.2. The van der Waals surface area contributed by atoms with E-state index in [2.05, 4.69) is 20.6 Å². The summed E-state index contributed by atoms with van der Waals surface area (Å²) in [4.78, 5) is 45.4. The first-order valence-corrected chi connectivity index (χ1v) is 9.39. The van der Waals surface area contributed by atoms with Gasteiger partial charge in [0, 0.05) is 18.8 Å². The third-order valence-electron chi connectivity index (χ3n) is 4.21. The van der Waals surface area contributed by atoms with Gasteiger partial charge in [-0.15, -0.1) is 0 Å². The number of benzene rings is 1. The average molecular weight is 398 g/mol. The molecule has 0 aliphatic rings. The molecule has 1 aromatic carbocycles. The minimum atomic E-state index is -0.897. The van der Waals surface area contributed by atoms with E-state index in [9.17, 15) is 14.4 Å². The fourth-order valence-electron chi connectivity index (χ4n) is 2.81. The van der Waals surface area contributed by atoms with Gasteiger partial charge in [-0.3, -0.25) is 14.6 Å². The number of nitrogens with one attached hydrogen (secondary N) is 2. The predicted octanol–water partition coefficient (Wildman–Crippen LogP) is 1.52. The summed E-state index contributed by atoms with van der Waals surface area (Å²) >= 11 is 0. The molecule has 1 aromatic heterocycles. The molecule has 2 N–H and O–H groups in total. The van der Waals surface area contributed by atoms with E-state index in [4.69, 9.17) is 4.74 Å². The van der Waals surface area contributed by atoms with Crippen LogP contribution in [0.25, 0.3) is 0 Å². The highest BCUT2D eigenvalue weighted by atomic mass is 16.5. The van der Waals surface area contributed by atoms with Crippen LogP contribution in [0.5, 0.6) is 0 Å². The van der Waals surface area contributed by atoms with Crippen molar-refractivity contribution < 1.29 is 19.1 Å². The highest BCUT2D eigenvalue weighted by molar-refractivity contribution is 5.96. The van der Waals surface area contributed by atoms with Crippen molar-refractivity contribution in [2.24, 2.45) is 5.92 Å². The molecule has 0 spiro atoms. The molecule has 1 heterocycles. The Kier molecular flexibility index (Phi) is 8.27. The Morgan fingerprint density at radius 1 is 1.03 bits per heavy atom. The fourth-order valence-corrected chi connectivity index (χ4v) is 2.81. The minimum Gasteiger partial charge on any atom is -0.467 e. The number of esters is 1. The number of hydrogen-bond acceptors (Lipinski definition) is 6. The van der Waals surface area contributed by atoms with Crippen molar-refractivity contribution in [2.75, 3.05) is 7.11 Å². The quantitative estimate of drug-likeness (QED) is 0.620. The molecule has 0 fully saturated rings. The van der Waals surface area contributed by atoms with E-state index in [1.54, 1.807) is 0 Å². The fraction of sp³-hybridized carbons (Fsp3) is 0.381. The van der Waals surface area contributed by atoms with E-state index < -0.39 is 29.9 Å². The lowest BCUT2D eigenvalue weighted by atomic mass is 10.0. The number of carbonyl (C=O) groups excluding carboxylic acids is 3. The van der Waals surface area contributed by atoms with Crippen molar-refractivity contribution in [2.45, 2.75) is 38.8 Å².